The fourth-order valence-corrected chi connectivity index (χ4v) is 4.09. The maximum Gasteiger partial charge on any atom is 0.243 e. The Balaban J connectivity index is 3.05. The van der Waals surface area contributed by atoms with Gasteiger partial charge in [-0.3, -0.25) is 0 Å². The maximum atomic E-state index is 13.0. The van der Waals surface area contributed by atoms with Gasteiger partial charge in [-0.25, -0.2) is 8.42 Å². The zero-order valence-corrected chi connectivity index (χ0v) is 17.2. The number of hydrogen-bond acceptors (Lipinski definition) is 4. The molecular weight excluding hydrogens is 383 g/mol. The molecule has 25 heavy (non-hydrogen) atoms. The second-order valence-electron chi connectivity index (χ2n) is 5.94. The molecule has 144 valence electrons. The summed E-state index contributed by atoms with van der Waals surface area (Å²) in [5.41, 5.74) is 0.470. The molecule has 1 atom stereocenters. The molecule has 0 bridgehead atoms. The lowest BCUT2D eigenvalue weighted by Gasteiger charge is -2.22. The Morgan fingerprint density at radius 2 is 1.80 bits per heavy atom. The molecule has 0 heterocycles. The van der Waals surface area contributed by atoms with Gasteiger partial charge in [0.05, 0.1) is 27.6 Å². The molecule has 8 heteroatoms. The minimum atomic E-state index is -3.58. The van der Waals surface area contributed by atoms with Crippen molar-refractivity contribution in [3.05, 3.63) is 23.2 Å². The van der Waals surface area contributed by atoms with Gasteiger partial charge in [0.15, 0.2) is 0 Å². The summed E-state index contributed by atoms with van der Waals surface area (Å²) in [6.45, 7) is 5.29. The van der Waals surface area contributed by atoms with E-state index in [4.69, 9.17) is 23.2 Å². The van der Waals surface area contributed by atoms with Crippen LogP contribution in [-0.2, 0) is 10.0 Å². The summed E-state index contributed by atoms with van der Waals surface area (Å²) in [7, 11) is -3.58. The van der Waals surface area contributed by atoms with Gasteiger partial charge >= 0.3 is 0 Å². The van der Waals surface area contributed by atoms with Gasteiger partial charge in [0, 0.05) is 19.6 Å². The Bertz CT molecular complexity index is 618. The van der Waals surface area contributed by atoms with Crippen molar-refractivity contribution in [2.24, 2.45) is 0 Å². The van der Waals surface area contributed by atoms with Crippen LogP contribution in [-0.4, -0.2) is 49.4 Å². The summed E-state index contributed by atoms with van der Waals surface area (Å²) in [4.78, 5) is 0.201. The number of nitrogens with one attached hydrogen (secondary N) is 1. The van der Waals surface area contributed by atoms with E-state index in [9.17, 15) is 13.5 Å². The standard InChI is InChI=1S/C17H28Cl2N2O3S/c1-3-5-9-21(10-6-4-2)25(23,24)15-7-8-16(19)17(11-15)20-13-14(22)12-18/h7-8,11,14,20,22H,3-6,9-10,12-13H2,1-2H3. The van der Waals surface area contributed by atoms with E-state index in [1.54, 1.807) is 10.4 Å². The van der Waals surface area contributed by atoms with E-state index in [0.29, 0.717) is 23.8 Å². The molecular formula is C17H28Cl2N2O3S. The van der Waals surface area contributed by atoms with Crippen molar-refractivity contribution < 1.29 is 13.5 Å². The summed E-state index contributed by atoms with van der Waals surface area (Å²) in [6, 6.07) is 4.59. The van der Waals surface area contributed by atoms with E-state index < -0.39 is 16.1 Å². The van der Waals surface area contributed by atoms with Gasteiger partial charge in [-0.05, 0) is 31.0 Å². The molecule has 0 fully saturated rings. The smallest absolute Gasteiger partial charge is 0.243 e. The van der Waals surface area contributed by atoms with Crippen LogP contribution < -0.4 is 5.32 Å². The molecule has 0 spiro atoms. The van der Waals surface area contributed by atoms with E-state index in [1.165, 1.54) is 12.1 Å². The average molecular weight is 411 g/mol. The highest BCUT2D eigenvalue weighted by Crippen LogP contribution is 2.27. The first-order valence-electron chi connectivity index (χ1n) is 8.64. The highest BCUT2D eigenvalue weighted by atomic mass is 35.5. The molecule has 1 aromatic rings. The van der Waals surface area contributed by atoms with Crippen molar-refractivity contribution in [3.63, 3.8) is 0 Å². The molecule has 2 N–H and O–H groups in total. The topological polar surface area (TPSA) is 69.6 Å². The SMILES string of the molecule is CCCCN(CCCC)S(=O)(=O)c1ccc(Cl)c(NCC(O)CCl)c1. The molecule has 1 aromatic carbocycles. The van der Waals surface area contributed by atoms with Crippen molar-refractivity contribution >= 4 is 38.9 Å². The second-order valence-corrected chi connectivity index (χ2v) is 8.60. The van der Waals surface area contributed by atoms with Crippen LogP contribution in [0, 0.1) is 0 Å². The predicted molar refractivity (Wildman–Crippen MR) is 105 cm³/mol. The first-order valence-corrected chi connectivity index (χ1v) is 11.0. The third-order valence-electron chi connectivity index (χ3n) is 3.80. The highest BCUT2D eigenvalue weighted by molar-refractivity contribution is 7.89. The van der Waals surface area contributed by atoms with Crippen LogP contribution in [0.15, 0.2) is 23.1 Å². The van der Waals surface area contributed by atoms with Gasteiger partial charge in [-0.15, -0.1) is 11.6 Å². The summed E-state index contributed by atoms with van der Waals surface area (Å²) < 4.78 is 27.5. The van der Waals surface area contributed by atoms with Gasteiger partial charge in [0.25, 0.3) is 0 Å². The Morgan fingerprint density at radius 3 is 2.32 bits per heavy atom. The van der Waals surface area contributed by atoms with E-state index in [2.05, 4.69) is 5.32 Å². The quantitative estimate of drug-likeness (QED) is 0.511. The third-order valence-corrected chi connectivity index (χ3v) is 6.38. The zero-order chi connectivity index (χ0) is 18.9. The lowest BCUT2D eigenvalue weighted by Crippen LogP contribution is -2.33. The highest BCUT2D eigenvalue weighted by Gasteiger charge is 2.24. The molecule has 0 saturated heterocycles. The maximum absolute atomic E-state index is 13.0. The molecule has 0 aliphatic heterocycles. The number of anilines is 1. The van der Waals surface area contributed by atoms with Crippen molar-refractivity contribution in [3.8, 4) is 0 Å². The average Bonchev–Trinajstić information content (AvgIpc) is 2.60. The summed E-state index contributed by atoms with van der Waals surface area (Å²) >= 11 is 11.7. The van der Waals surface area contributed by atoms with E-state index >= 15 is 0 Å². The minimum absolute atomic E-state index is 0.0877. The monoisotopic (exact) mass is 410 g/mol. The van der Waals surface area contributed by atoms with Gasteiger partial charge in [-0.2, -0.15) is 4.31 Å². The van der Waals surface area contributed by atoms with Gasteiger partial charge < -0.3 is 10.4 Å². The van der Waals surface area contributed by atoms with E-state index in [1.807, 2.05) is 13.8 Å². The lowest BCUT2D eigenvalue weighted by molar-refractivity contribution is 0.211. The molecule has 5 nitrogen and oxygen atoms in total. The zero-order valence-electron chi connectivity index (χ0n) is 14.8. The fraction of sp³-hybridized carbons (Fsp3) is 0.647. The van der Waals surface area contributed by atoms with Crippen molar-refractivity contribution in [2.45, 2.75) is 50.5 Å². The van der Waals surface area contributed by atoms with E-state index in [0.717, 1.165) is 25.7 Å². The molecule has 0 aromatic heterocycles. The van der Waals surface area contributed by atoms with E-state index in [-0.39, 0.29) is 17.3 Å². The van der Waals surface area contributed by atoms with Crippen molar-refractivity contribution in [1.29, 1.82) is 0 Å². The Morgan fingerprint density at radius 1 is 1.20 bits per heavy atom. The molecule has 1 unspecified atom stereocenters. The summed E-state index contributed by atoms with van der Waals surface area (Å²) in [5.74, 6) is 0.0877. The lowest BCUT2D eigenvalue weighted by atomic mass is 10.3. The number of aliphatic hydroxyl groups excluding tert-OH is 1. The number of rotatable bonds is 12. The number of hydrogen-bond donors (Lipinski definition) is 2. The van der Waals surface area contributed by atoms with Gasteiger partial charge in [-0.1, -0.05) is 38.3 Å². The molecule has 0 saturated carbocycles. The molecule has 0 amide bonds. The van der Waals surface area contributed by atoms with Crippen LogP contribution in [0.3, 0.4) is 0 Å². The third kappa shape index (κ3) is 6.94. The fourth-order valence-electron chi connectivity index (χ4n) is 2.25. The Labute approximate surface area is 161 Å². The van der Waals surface area contributed by atoms with Crippen LogP contribution in [0.5, 0.6) is 0 Å². The number of benzene rings is 1. The van der Waals surface area contributed by atoms with Crippen LogP contribution in [0.2, 0.25) is 5.02 Å². The number of aliphatic hydroxyl groups is 1. The first kappa shape index (κ1) is 22.5. The largest absolute Gasteiger partial charge is 0.390 e. The Kier molecular flexibility index (Phi) is 10.1. The number of nitrogens with zero attached hydrogens (tertiary/aromatic N) is 1. The van der Waals surface area contributed by atoms with Crippen molar-refractivity contribution in [2.75, 3.05) is 30.8 Å². The molecule has 1 rings (SSSR count). The van der Waals surface area contributed by atoms with Gasteiger partial charge in [0.2, 0.25) is 10.0 Å². The number of unbranched alkanes of at least 4 members (excludes halogenated alkanes) is 2. The predicted octanol–water partition coefficient (Wildman–Crippen LogP) is 3.94. The van der Waals surface area contributed by atoms with Crippen LogP contribution in [0.1, 0.15) is 39.5 Å². The molecule has 0 aliphatic rings. The Hall–Kier alpha value is -0.530. The summed E-state index contributed by atoms with van der Waals surface area (Å²) in [5, 5.41) is 12.9. The summed E-state index contributed by atoms with van der Waals surface area (Å²) in [6.07, 6.45) is 2.78. The molecule has 0 aliphatic carbocycles. The minimum Gasteiger partial charge on any atom is -0.390 e. The normalized spacial score (nSPS) is 13.2. The second kappa shape index (κ2) is 11.2. The number of halogens is 2. The first-order chi connectivity index (χ1) is 11.9. The number of sulfonamides is 1. The van der Waals surface area contributed by atoms with Crippen LogP contribution in [0.25, 0.3) is 0 Å². The number of alkyl halides is 1. The van der Waals surface area contributed by atoms with Crippen molar-refractivity contribution in [1.82, 2.24) is 4.31 Å². The van der Waals surface area contributed by atoms with Crippen LogP contribution >= 0.6 is 23.2 Å². The van der Waals surface area contributed by atoms with Crippen LogP contribution in [0.4, 0.5) is 5.69 Å². The molecule has 0 radical (unpaired) electrons. The van der Waals surface area contributed by atoms with Gasteiger partial charge in [0.1, 0.15) is 0 Å².